The molecular weight excluding hydrogens is 542 g/mol. The zero-order valence-electron chi connectivity index (χ0n) is 24.1. The van der Waals surface area contributed by atoms with Crippen molar-refractivity contribution in [2.24, 2.45) is 18.9 Å². The van der Waals surface area contributed by atoms with Gasteiger partial charge >= 0.3 is 11.7 Å². The fourth-order valence-corrected chi connectivity index (χ4v) is 6.01. The average Bonchev–Trinajstić information content (AvgIpc) is 2.95. The van der Waals surface area contributed by atoms with E-state index in [9.17, 15) is 19.5 Å². The van der Waals surface area contributed by atoms with Crippen molar-refractivity contribution < 1.29 is 14.6 Å². The first-order valence-corrected chi connectivity index (χ1v) is 14.7. The summed E-state index contributed by atoms with van der Waals surface area (Å²) in [6.45, 7) is 6.22. The normalized spacial score (nSPS) is 17.9. The molecule has 1 aliphatic carbocycles. The second-order valence-electron chi connectivity index (χ2n) is 11.1. The number of carbonyl (C=O) groups is 1. The van der Waals surface area contributed by atoms with E-state index in [1.54, 1.807) is 7.05 Å². The van der Waals surface area contributed by atoms with E-state index in [-0.39, 0.29) is 36.4 Å². The van der Waals surface area contributed by atoms with E-state index in [2.05, 4.69) is 36.1 Å². The highest BCUT2D eigenvalue weighted by molar-refractivity contribution is 6.30. The summed E-state index contributed by atoms with van der Waals surface area (Å²) in [4.78, 5) is 38.3. The van der Waals surface area contributed by atoms with Gasteiger partial charge < -0.3 is 14.4 Å². The first-order chi connectivity index (χ1) is 19.7. The Bertz CT molecular complexity index is 1440. The first-order valence-electron chi connectivity index (χ1n) is 14.4. The van der Waals surface area contributed by atoms with Gasteiger partial charge in [-0.25, -0.2) is 4.79 Å². The lowest BCUT2D eigenvalue weighted by Gasteiger charge is -2.36. The third kappa shape index (κ3) is 7.89. The number of hydrogen-bond donors (Lipinski definition) is 1. The van der Waals surface area contributed by atoms with Crippen molar-refractivity contribution in [3.05, 3.63) is 97.3 Å². The third-order valence-electron chi connectivity index (χ3n) is 8.21. The minimum absolute atomic E-state index is 0.171. The number of nitrogens with zero attached hydrogens (tertiary/aromatic N) is 3. The molecule has 0 spiro atoms. The van der Waals surface area contributed by atoms with E-state index in [4.69, 9.17) is 16.3 Å². The molecule has 3 aromatic rings. The summed E-state index contributed by atoms with van der Waals surface area (Å²) in [5.41, 5.74) is 2.66. The summed E-state index contributed by atoms with van der Waals surface area (Å²) in [6, 6.07) is 15.8. The van der Waals surface area contributed by atoms with Crippen LogP contribution in [0, 0.1) is 18.8 Å². The standard InChI is InChI=1S/C32H40ClN3O5/c1-4-28(25-10-12-27(33)13-11-25)35(20-23-5-8-26(9-6-23)31(38)39)21-24-7-14-29(22(2)19-24)41-18-17-36-30(37)15-16-34(3)32(36)40/h7,10-16,19,23,26,28H,4-6,8-9,17-18,20-21H2,1-3H3,(H,38,39)/t23-,26-,28?. The van der Waals surface area contributed by atoms with Crippen LogP contribution in [0.2, 0.25) is 5.02 Å². The summed E-state index contributed by atoms with van der Waals surface area (Å²) in [7, 11) is 1.61. The maximum atomic E-state index is 12.3. The predicted octanol–water partition coefficient (Wildman–Crippen LogP) is 5.43. The SMILES string of the molecule is CCC(c1ccc(Cl)cc1)N(Cc1ccc(OCCn2c(=O)ccn(C)c2=O)c(C)c1)C[C@H]1CC[C@H](C(=O)O)CC1. The Morgan fingerprint density at radius 2 is 1.80 bits per heavy atom. The zero-order valence-corrected chi connectivity index (χ0v) is 24.8. The summed E-state index contributed by atoms with van der Waals surface area (Å²) < 4.78 is 8.52. The van der Waals surface area contributed by atoms with Gasteiger partial charge in [-0.2, -0.15) is 0 Å². The van der Waals surface area contributed by atoms with Crippen LogP contribution in [0.3, 0.4) is 0 Å². The van der Waals surface area contributed by atoms with Crippen molar-refractivity contribution in [2.75, 3.05) is 13.2 Å². The molecule has 1 heterocycles. The molecule has 0 bridgehead atoms. The molecule has 1 fully saturated rings. The number of hydrogen-bond acceptors (Lipinski definition) is 5. The van der Waals surface area contributed by atoms with Crippen molar-refractivity contribution in [3.63, 3.8) is 0 Å². The number of aromatic nitrogens is 2. The first kappa shape index (κ1) is 30.6. The number of carboxylic acids is 1. The topological polar surface area (TPSA) is 93.8 Å². The van der Waals surface area contributed by atoms with Crippen LogP contribution in [0.15, 0.2) is 64.3 Å². The number of ether oxygens (including phenoxy) is 1. The van der Waals surface area contributed by atoms with Crippen molar-refractivity contribution in [1.82, 2.24) is 14.0 Å². The lowest BCUT2D eigenvalue weighted by atomic mass is 9.81. The quantitative estimate of drug-likeness (QED) is 0.306. The van der Waals surface area contributed by atoms with Gasteiger partial charge in [0.2, 0.25) is 0 Å². The molecule has 1 aromatic heterocycles. The van der Waals surface area contributed by atoms with Crippen LogP contribution in [0.4, 0.5) is 0 Å². The Labute approximate surface area is 246 Å². The molecule has 0 saturated heterocycles. The number of halogens is 1. The highest BCUT2D eigenvalue weighted by Gasteiger charge is 2.29. The molecule has 1 atom stereocenters. The van der Waals surface area contributed by atoms with Gasteiger partial charge in [0, 0.05) is 43.5 Å². The highest BCUT2D eigenvalue weighted by atomic mass is 35.5. The maximum absolute atomic E-state index is 12.3. The van der Waals surface area contributed by atoms with Gasteiger partial charge in [0.05, 0.1) is 12.5 Å². The Morgan fingerprint density at radius 3 is 2.44 bits per heavy atom. The van der Waals surface area contributed by atoms with Gasteiger partial charge in [0.15, 0.2) is 0 Å². The van der Waals surface area contributed by atoms with Crippen LogP contribution < -0.4 is 16.0 Å². The molecule has 1 saturated carbocycles. The molecule has 2 aromatic carbocycles. The molecule has 0 aliphatic heterocycles. The summed E-state index contributed by atoms with van der Waals surface area (Å²) in [5, 5.41) is 10.1. The van der Waals surface area contributed by atoms with Crippen LogP contribution in [-0.4, -0.2) is 38.3 Å². The summed E-state index contributed by atoms with van der Waals surface area (Å²) in [6.07, 6.45) is 5.71. The molecule has 9 heteroatoms. The lowest BCUT2D eigenvalue weighted by Crippen LogP contribution is -2.39. The monoisotopic (exact) mass is 581 g/mol. The molecule has 41 heavy (non-hydrogen) atoms. The van der Waals surface area contributed by atoms with Gasteiger partial charge in [-0.1, -0.05) is 42.8 Å². The molecule has 8 nitrogen and oxygen atoms in total. The van der Waals surface area contributed by atoms with Crippen LogP contribution in [-0.2, 0) is 24.9 Å². The summed E-state index contributed by atoms with van der Waals surface area (Å²) in [5.74, 6) is 0.267. The van der Waals surface area contributed by atoms with Crippen LogP contribution in [0.5, 0.6) is 5.75 Å². The molecule has 1 aliphatic rings. The van der Waals surface area contributed by atoms with E-state index in [1.165, 1.54) is 27.0 Å². The molecule has 0 radical (unpaired) electrons. The minimum Gasteiger partial charge on any atom is -0.491 e. The van der Waals surface area contributed by atoms with Crippen LogP contribution in [0.25, 0.3) is 0 Å². The van der Waals surface area contributed by atoms with E-state index < -0.39 is 5.97 Å². The smallest absolute Gasteiger partial charge is 0.330 e. The number of carboxylic acid groups (broad SMARTS) is 1. The summed E-state index contributed by atoms with van der Waals surface area (Å²) >= 11 is 6.18. The number of aryl methyl sites for hydroxylation is 2. The Balaban J connectivity index is 1.47. The average molecular weight is 582 g/mol. The van der Waals surface area contributed by atoms with E-state index >= 15 is 0 Å². The zero-order chi connectivity index (χ0) is 29.5. The molecule has 0 amide bonds. The molecule has 4 rings (SSSR count). The predicted molar refractivity (Wildman–Crippen MR) is 161 cm³/mol. The second kappa shape index (κ2) is 14.0. The third-order valence-corrected chi connectivity index (χ3v) is 8.46. The fourth-order valence-electron chi connectivity index (χ4n) is 5.89. The van der Waals surface area contributed by atoms with Gasteiger partial charge in [-0.3, -0.25) is 19.1 Å². The Kier molecular flexibility index (Phi) is 10.5. The number of rotatable bonds is 12. The fraction of sp³-hybridized carbons (Fsp3) is 0.469. The molecular formula is C32H40ClN3O5. The van der Waals surface area contributed by atoms with Crippen molar-refractivity contribution in [1.29, 1.82) is 0 Å². The lowest BCUT2D eigenvalue weighted by molar-refractivity contribution is -0.143. The van der Waals surface area contributed by atoms with Crippen LogP contribution >= 0.6 is 11.6 Å². The maximum Gasteiger partial charge on any atom is 0.330 e. The van der Waals surface area contributed by atoms with Crippen molar-refractivity contribution in [2.45, 2.75) is 65.1 Å². The van der Waals surface area contributed by atoms with Crippen molar-refractivity contribution >= 4 is 17.6 Å². The van der Waals surface area contributed by atoms with Gasteiger partial charge in [0.1, 0.15) is 12.4 Å². The van der Waals surface area contributed by atoms with Crippen molar-refractivity contribution in [3.8, 4) is 5.75 Å². The minimum atomic E-state index is -0.677. The van der Waals surface area contributed by atoms with Gasteiger partial charge in [0.25, 0.3) is 5.56 Å². The number of benzene rings is 2. The Morgan fingerprint density at radius 1 is 1.10 bits per heavy atom. The van der Waals surface area contributed by atoms with Gasteiger partial charge in [-0.15, -0.1) is 0 Å². The molecule has 1 N–H and O–H groups in total. The van der Waals surface area contributed by atoms with E-state index in [0.29, 0.717) is 10.9 Å². The number of aliphatic carboxylic acids is 1. The Hall–Kier alpha value is -3.36. The highest BCUT2D eigenvalue weighted by Crippen LogP contribution is 2.34. The molecule has 220 valence electrons. The van der Waals surface area contributed by atoms with E-state index in [0.717, 1.165) is 62.1 Å². The van der Waals surface area contributed by atoms with Gasteiger partial charge in [-0.05, 0) is 79.8 Å². The largest absolute Gasteiger partial charge is 0.491 e. The van der Waals surface area contributed by atoms with E-state index in [1.807, 2.05) is 25.1 Å². The second-order valence-corrected chi connectivity index (χ2v) is 11.5. The van der Waals surface area contributed by atoms with Crippen LogP contribution in [0.1, 0.15) is 61.8 Å². The molecule has 1 unspecified atom stereocenters.